The third-order valence-electron chi connectivity index (χ3n) is 2.56. The molecule has 0 unspecified atom stereocenters. The number of nitrogens with zero attached hydrogens (tertiary/aromatic N) is 1. The summed E-state index contributed by atoms with van der Waals surface area (Å²) < 4.78 is 38.4. The Bertz CT molecular complexity index is 621. The number of alkyl halides is 3. The van der Waals surface area contributed by atoms with Gasteiger partial charge in [-0.3, -0.25) is 4.98 Å². The number of hydrogen-bond acceptors (Lipinski definition) is 1. The predicted octanol–water partition coefficient (Wildman–Crippen LogP) is 3.54. The third-order valence-corrected chi connectivity index (χ3v) is 2.56. The lowest BCUT2D eigenvalue weighted by Gasteiger charge is -2.12. The summed E-state index contributed by atoms with van der Waals surface area (Å²) in [6, 6.07) is 2.39. The van der Waals surface area contributed by atoms with Crippen molar-refractivity contribution in [3.63, 3.8) is 0 Å². The highest BCUT2D eigenvalue weighted by molar-refractivity contribution is 5.91. The molecule has 1 aromatic carbocycles. The maximum absolute atomic E-state index is 12.8. The van der Waals surface area contributed by atoms with Gasteiger partial charge in [0.25, 0.3) is 0 Å². The van der Waals surface area contributed by atoms with Crippen LogP contribution in [-0.4, -0.2) is 4.98 Å². The number of terminal acetylenes is 1. The van der Waals surface area contributed by atoms with Crippen LogP contribution in [0.15, 0.2) is 24.5 Å². The number of aryl methyl sites for hydroxylation is 1. The van der Waals surface area contributed by atoms with Gasteiger partial charge >= 0.3 is 6.18 Å². The molecule has 0 aliphatic rings. The lowest BCUT2D eigenvalue weighted by Crippen LogP contribution is -2.08. The van der Waals surface area contributed by atoms with Crippen molar-refractivity contribution in [2.45, 2.75) is 13.1 Å². The zero-order valence-corrected chi connectivity index (χ0v) is 8.97. The molecule has 0 aliphatic heterocycles. The van der Waals surface area contributed by atoms with Gasteiger partial charge in [0.2, 0.25) is 0 Å². The highest BCUT2D eigenvalue weighted by Gasteiger charge is 2.33. The van der Waals surface area contributed by atoms with Gasteiger partial charge in [-0.1, -0.05) is 12.0 Å². The molecule has 0 atom stereocenters. The molecule has 0 bridgehead atoms. The summed E-state index contributed by atoms with van der Waals surface area (Å²) in [5.74, 6) is 2.14. The normalized spacial score (nSPS) is 11.5. The molecule has 2 rings (SSSR count). The second-order valence-corrected chi connectivity index (χ2v) is 3.68. The molecule has 1 heterocycles. The van der Waals surface area contributed by atoms with E-state index in [1.165, 1.54) is 18.5 Å². The zero-order chi connectivity index (χ0) is 12.6. The molecule has 0 aliphatic carbocycles. The second kappa shape index (κ2) is 3.77. The van der Waals surface area contributed by atoms with E-state index < -0.39 is 11.7 Å². The zero-order valence-electron chi connectivity index (χ0n) is 8.97. The lowest BCUT2D eigenvalue weighted by molar-refractivity contribution is -0.137. The van der Waals surface area contributed by atoms with Crippen LogP contribution in [0.4, 0.5) is 13.2 Å². The molecular weight excluding hydrogens is 227 g/mol. The van der Waals surface area contributed by atoms with Crippen LogP contribution in [-0.2, 0) is 6.18 Å². The van der Waals surface area contributed by atoms with E-state index >= 15 is 0 Å². The monoisotopic (exact) mass is 235 g/mol. The number of halogens is 3. The van der Waals surface area contributed by atoms with Crippen molar-refractivity contribution in [2.24, 2.45) is 0 Å². The Kier molecular flexibility index (Phi) is 2.55. The highest BCUT2D eigenvalue weighted by atomic mass is 19.4. The standard InChI is InChI=1S/C13H8F3N/c1-3-10-11(13(14,15)16)5-4-9-7-17-6-8(2)12(9)10/h1,4-7H,2H3. The fourth-order valence-corrected chi connectivity index (χ4v) is 1.83. The van der Waals surface area contributed by atoms with Crippen molar-refractivity contribution in [3.05, 3.63) is 41.2 Å². The van der Waals surface area contributed by atoms with Crippen LogP contribution in [0.5, 0.6) is 0 Å². The molecule has 17 heavy (non-hydrogen) atoms. The van der Waals surface area contributed by atoms with Crippen LogP contribution in [0.2, 0.25) is 0 Å². The Balaban J connectivity index is 2.93. The molecule has 0 radical (unpaired) electrons. The van der Waals surface area contributed by atoms with Gasteiger partial charge < -0.3 is 0 Å². The van der Waals surface area contributed by atoms with Gasteiger partial charge in [0.1, 0.15) is 0 Å². The molecule has 0 amide bonds. The fourth-order valence-electron chi connectivity index (χ4n) is 1.83. The Labute approximate surface area is 96.3 Å². The van der Waals surface area contributed by atoms with E-state index in [2.05, 4.69) is 10.9 Å². The number of benzene rings is 1. The van der Waals surface area contributed by atoms with Gasteiger partial charge in [0.05, 0.1) is 5.56 Å². The number of aromatic nitrogens is 1. The SMILES string of the molecule is C#Cc1c(C(F)(F)F)ccc2cncc(C)c12. The van der Waals surface area contributed by atoms with Crippen LogP contribution in [0.3, 0.4) is 0 Å². The lowest BCUT2D eigenvalue weighted by atomic mass is 9.97. The van der Waals surface area contributed by atoms with Crippen LogP contribution >= 0.6 is 0 Å². The summed E-state index contributed by atoms with van der Waals surface area (Å²) in [7, 11) is 0. The van der Waals surface area contributed by atoms with Crippen molar-refractivity contribution >= 4 is 10.8 Å². The molecule has 1 nitrogen and oxygen atoms in total. The van der Waals surface area contributed by atoms with E-state index in [1.54, 1.807) is 6.92 Å². The van der Waals surface area contributed by atoms with E-state index in [1.807, 2.05) is 0 Å². The average Bonchev–Trinajstić information content (AvgIpc) is 2.26. The van der Waals surface area contributed by atoms with Gasteiger partial charge in [-0.2, -0.15) is 13.2 Å². The molecule has 0 saturated carbocycles. The minimum Gasteiger partial charge on any atom is -0.264 e. The maximum atomic E-state index is 12.8. The predicted molar refractivity (Wildman–Crippen MR) is 59.4 cm³/mol. The fraction of sp³-hybridized carbons (Fsp3) is 0.154. The van der Waals surface area contributed by atoms with Crippen molar-refractivity contribution in [3.8, 4) is 12.3 Å². The van der Waals surface area contributed by atoms with Gasteiger partial charge in [0.15, 0.2) is 0 Å². The molecule has 86 valence electrons. The smallest absolute Gasteiger partial charge is 0.264 e. The number of fused-ring (bicyclic) bond motifs is 1. The van der Waals surface area contributed by atoms with E-state index in [0.29, 0.717) is 16.3 Å². The number of rotatable bonds is 0. The van der Waals surface area contributed by atoms with E-state index in [-0.39, 0.29) is 5.56 Å². The Morgan fingerprint density at radius 1 is 1.24 bits per heavy atom. The van der Waals surface area contributed by atoms with E-state index in [4.69, 9.17) is 6.42 Å². The summed E-state index contributed by atoms with van der Waals surface area (Å²) in [5, 5.41) is 1.06. The molecule has 0 saturated heterocycles. The number of hydrogen-bond donors (Lipinski definition) is 0. The first-order chi connectivity index (χ1) is 7.95. The molecule has 1 aromatic heterocycles. The summed E-state index contributed by atoms with van der Waals surface area (Å²) in [6.45, 7) is 1.69. The summed E-state index contributed by atoms with van der Waals surface area (Å²) in [4.78, 5) is 3.93. The van der Waals surface area contributed by atoms with Crippen molar-refractivity contribution < 1.29 is 13.2 Å². The quantitative estimate of drug-likeness (QED) is 0.636. The van der Waals surface area contributed by atoms with Gasteiger partial charge in [-0.25, -0.2) is 0 Å². The van der Waals surface area contributed by atoms with E-state index in [0.717, 1.165) is 6.07 Å². The van der Waals surface area contributed by atoms with Crippen LogP contribution in [0, 0.1) is 19.3 Å². The molecular formula is C13H8F3N. The average molecular weight is 235 g/mol. The van der Waals surface area contributed by atoms with Crippen molar-refractivity contribution in [1.29, 1.82) is 0 Å². The maximum Gasteiger partial charge on any atom is 0.417 e. The first-order valence-corrected chi connectivity index (χ1v) is 4.86. The Hall–Kier alpha value is -2.02. The van der Waals surface area contributed by atoms with Crippen LogP contribution in [0.25, 0.3) is 10.8 Å². The second-order valence-electron chi connectivity index (χ2n) is 3.68. The highest BCUT2D eigenvalue weighted by Crippen LogP contribution is 2.35. The summed E-state index contributed by atoms with van der Waals surface area (Å²) in [6.07, 6.45) is 3.78. The minimum atomic E-state index is -4.44. The van der Waals surface area contributed by atoms with Gasteiger partial charge in [0, 0.05) is 28.7 Å². The summed E-state index contributed by atoms with van der Waals surface area (Å²) in [5.41, 5.74) is -0.252. The van der Waals surface area contributed by atoms with Crippen molar-refractivity contribution in [2.75, 3.05) is 0 Å². The first kappa shape index (κ1) is 11.5. The molecule has 0 N–H and O–H groups in total. The van der Waals surface area contributed by atoms with Gasteiger partial charge in [-0.15, -0.1) is 6.42 Å². The molecule has 4 heteroatoms. The topological polar surface area (TPSA) is 12.9 Å². The molecule has 0 fully saturated rings. The Morgan fingerprint density at radius 2 is 1.94 bits per heavy atom. The summed E-state index contributed by atoms with van der Waals surface area (Å²) >= 11 is 0. The van der Waals surface area contributed by atoms with Crippen LogP contribution in [0.1, 0.15) is 16.7 Å². The van der Waals surface area contributed by atoms with E-state index in [9.17, 15) is 13.2 Å². The first-order valence-electron chi connectivity index (χ1n) is 4.86. The molecule has 2 aromatic rings. The van der Waals surface area contributed by atoms with Crippen molar-refractivity contribution in [1.82, 2.24) is 4.98 Å². The van der Waals surface area contributed by atoms with Gasteiger partial charge in [-0.05, 0) is 18.6 Å². The largest absolute Gasteiger partial charge is 0.417 e. The van der Waals surface area contributed by atoms with Crippen LogP contribution < -0.4 is 0 Å². The molecule has 0 spiro atoms. The third kappa shape index (κ3) is 1.84. The number of pyridine rings is 1. The minimum absolute atomic E-state index is 0.116. The Morgan fingerprint density at radius 3 is 2.53 bits per heavy atom.